The molecule has 2 fully saturated rings. The van der Waals surface area contributed by atoms with Crippen molar-refractivity contribution in [3.05, 3.63) is 35.9 Å². The first-order valence-corrected chi connectivity index (χ1v) is 9.04. The van der Waals surface area contributed by atoms with E-state index in [0.29, 0.717) is 19.7 Å². The topological polar surface area (TPSA) is 46.6 Å². The quantitative estimate of drug-likeness (QED) is 0.570. The van der Waals surface area contributed by atoms with Crippen molar-refractivity contribution in [2.24, 2.45) is 10.8 Å². The fourth-order valence-electron chi connectivity index (χ4n) is 3.85. The number of nitrogens with zero attached hydrogens (tertiary/aromatic N) is 1. The lowest BCUT2D eigenvalue weighted by Gasteiger charge is -2.26. The molecule has 0 radical (unpaired) electrons. The van der Waals surface area contributed by atoms with Gasteiger partial charge in [0.05, 0.1) is 17.4 Å². The molecule has 1 aliphatic heterocycles. The first kappa shape index (κ1) is 17.0. The van der Waals surface area contributed by atoms with Crippen LogP contribution in [0.25, 0.3) is 0 Å². The molecule has 130 valence electrons. The summed E-state index contributed by atoms with van der Waals surface area (Å²) in [6.07, 6.45) is 4.32. The van der Waals surface area contributed by atoms with Gasteiger partial charge in [-0.3, -0.25) is 9.59 Å². The summed E-state index contributed by atoms with van der Waals surface area (Å²) in [7, 11) is 0. The Kier molecular flexibility index (Phi) is 4.66. The molecule has 1 saturated carbocycles. The number of carbonyl (C=O) groups is 2. The molecule has 1 atom stereocenters. The molecule has 1 aromatic carbocycles. The van der Waals surface area contributed by atoms with Crippen LogP contribution < -0.4 is 0 Å². The summed E-state index contributed by atoms with van der Waals surface area (Å²) in [6.45, 7) is 5.61. The summed E-state index contributed by atoms with van der Waals surface area (Å²) in [4.78, 5) is 27.4. The number of hydrogen-bond donors (Lipinski definition) is 0. The molecule has 0 bridgehead atoms. The van der Waals surface area contributed by atoms with Crippen molar-refractivity contribution < 1.29 is 14.3 Å². The molecule has 1 spiro atoms. The standard InChI is InChI=1S/C20H27NO3/c1-3-4-14-24-18(23)19(2)15-21(17(22)20(19)11-12-20)13-10-16-8-6-5-7-9-16/h5-9H,3-4,10-15H2,1-2H3/t19-/m0/s1. The lowest BCUT2D eigenvalue weighted by atomic mass is 9.76. The van der Waals surface area contributed by atoms with Gasteiger partial charge in [-0.15, -0.1) is 0 Å². The molecule has 2 aliphatic rings. The van der Waals surface area contributed by atoms with Crippen LogP contribution >= 0.6 is 0 Å². The maximum absolute atomic E-state index is 12.9. The van der Waals surface area contributed by atoms with Crippen LogP contribution in [0.5, 0.6) is 0 Å². The molecular weight excluding hydrogens is 302 g/mol. The van der Waals surface area contributed by atoms with E-state index in [9.17, 15) is 9.59 Å². The predicted octanol–water partition coefficient (Wildman–Crippen LogP) is 3.20. The Morgan fingerprint density at radius 1 is 1.25 bits per heavy atom. The van der Waals surface area contributed by atoms with Gasteiger partial charge in [0.2, 0.25) is 5.91 Å². The summed E-state index contributed by atoms with van der Waals surface area (Å²) >= 11 is 0. The number of carbonyl (C=O) groups excluding carboxylic acids is 2. The molecule has 24 heavy (non-hydrogen) atoms. The molecule has 0 N–H and O–H groups in total. The largest absolute Gasteiger partial charge is 0.465 e. The van der Waals surface area contributed by atoms with Crippen molar-refractivity contribution in [2.45, 2.75) is 46.0 Å². The summed E-state index contributed by atoms with van der Waals surface area (Å²) < 4.78 is 5.49. The average Bonchev–Trinajstić information content (AvgIpc) is 3.37. The predicted molar refractivity (Wildman–Crippen MR) is 92.4 cm³/mol. The van der Waals surface area contributed by atoms with Gasteiger partial charge in [-0.1, -0.05) is 43.7 Å². The Hall–Kier alpha value is -1.84. The number of hydrogen-bond acceptors (Lipinski definition) is 3. The molecule has 1 aromatic rings. The molecule has 0 unspecified atom stereocenters. The van der Waals surface area contributed by atoms with Gasteiger partial charge in [-0.25, -0.2) is 0 Å². The Morgan fingerprint density at radius 3 is 2.58 bits per heavy atom. The first-order chi connectivity index (χ1) is 11.5. The number of ether oxygens (including phenoxy) is 1. The lowest BCUT2D eigenvalue weighted by Crippen LogP contribution is -2.39. The molecule has 1 heterocycles. The van der Waals surface area contributed by atoms with Gasteiger partial charge in [0, 0.05) is 13.1 Å². The maximum Gasteiger partial charge on any atom is 0.314 e. The van der Waals surface area contributed by atoms with Crippen LogP contribution in [-0.4, -0.2) is 36.5 Å². The van der Waals surface area contributed by atoms with Gasteiger partial charge in [0.1, 0.15) is 0 Å². The van der Waals surface area contributed by atoms with E-state index in [0.717, 1.165) is 32.1 Å². The van der Waals surface area contributed by atoms with E-state index >= 15 is 0 Å². The van der Waals surface area contributed by atoms with Crippen LogP contribution in [0.1, 0.15) is 45.1 Å². The maximum atomic E-state index is 12.9. The number of amides is 1. The number of benzene rings is 1. The Balaban J connectivity index is 1.67. The van der Waals surface area contributed by atoms with Crippen molar-refractivity contribution in [3.8, 4) is 0 Å². The molecule has 0 aromatic heterocycles. The van der Waals surface area contributed by atoms with Crippen molar-refractivity contribution in [3.63, 3.8) is 0 Å². The summed E-state index contributed by atoms with van der Waals surface area (Å²) in [6, 6.07) is 10.2. The minimum absolute atomic E-state index is 0.147. The van der Waals surface area contributed by atoms with E-state index in [2.05, 4.69) is 19.1 Å². The van der Waals surface area contributed by atoms with Crippen LogP contribution in [0.3, 0.4) is 0 Å². The number of unbranched alkanes of at least 4 members (excludes halogenated alkanes) is 1. The fourth-order valence-corrected chi connectivity index (χ4v) is 3.85. The van der Waals surface area contributed by atoms with Gasteiger partial charge in [-0.2, -0.15) is 0 Å². The van der Waals surface area contributed by atoms with Gasteiger partial charge < -0.3 is 9.64 Å². The molecule has 3 rings (SSSR count). The van der Waals surface area contributed by atoms with Gasteiger partial charge in [-0.05, 0) is 38.2 Å². The number of rotatable bonds is 7. The lowest BCUT2D eigenvalue weighted by molar-refractivity contribution is -0.158. The fraction of sp³-hybridized carbons (Fsp3) is 0.600. The number of esters is 1. The van der Waals surface area contributed by atoms with Crippen molar-refractivity contribution in [1.29, 1.82) is 0 Å². The zero-order chi connectivity index (χ0) is 17.2. The minimum Gasteiger partial charge on any atom is -0.465 e. The highest BCUT2D eigenvalue weighted by molar-refractivity contribution is 5.97. The molecule has 1 saturated heterocycles. The van der Waals surface area contributed by atoms with Gasteiger partial charge in [0.15, 0.2) is 0 Å². The highest BCUT2D eigenvalue weighted by Crippen LogP contribution is 2.64. The van der Waals surface area contributed by atoms with Crippen LogP contribution in [-0.2, 0) is 20.7 Å². The number of likely N-dealkylation sites (tertiary alicyclic amines) is 1. The average molecular weight is 329 g/mol. The van der Waals surface area contributed by atoms with Gasteiger partial charge in [0.25, 0.3) is 0 Å². The summed E-state index contributed by atoms with van der Waals surface area (Å²) in [5.41, 5.74) is 0.0378. The van der Waals surface area contributed by atoms with Crippen LogP contribution in [0.4, 0.5) is 0 Å². The van der Waals surface area contributed by atoms with E-state index in [1.165, 1.54) is 5.56 Å². The molecular formula is C20H27NO3. The van der Waals surface area contributed by atoms with Gasteiger partial charge >= 0.3 is 5.97 Å². The van der Waals surface area contributed by atoms with Crippen LogP contribution in [0.2, 0.25) is 0 Å². The first-order valence-electron chi connectivity index (χ1n) is 9.04. The van der Waals surface area contributed by atoms with Crippen LogP contribution in [0, 0.1) is 10.8 Å². The third kappa shape index (κ3) is 2.83. The summed E-state index contributed by atoms with van der Waals surface area (Å²) in [5.74, 6) is -0.0441. The van der Waals surface area contributed by atoms with Crippen LogP contribution in [0.15, 0.2) is 30.3 Å². The monoisotopic (exact) mass is 329 g/mol. The van der Waals surface area contributed by atoms with E-state index < -0.39 is 10.8 Å². The third-order valence-electron chi connectivity index (χ3n) is 5.70. The van der Waals surface area contributed by atoms with Crippen molar-refractivity contribution in [2.75, 3.05) is 19.7 Å². The second kappa shape index (κ2) is 6.58. The molecule has 1 amide bonds. The SMILES string of the molecule is CCCCOC(=O)[C@]1(C)CN(CCc2ccccc2)C(=O)C12CC2. The third-order valence-corrected chi connectivity index (χ3v) is 5.70. The zero-order valence-corrected chi connectivity index (χ0v) is 14.7. The smallest absolute Gasteiger partial charge is 0.314 e. The molecule has 4 nitrogen and oxygen atoms in total. The normalized spacial score (nSPS) is 24.4. The Bertz CT molecular complexity index is 609. The van der Waals surface area contributed by atoms with Crippen molar-refractivity contribution in [1.82, 2.24) is 4.90 Å². The van der Waals surface area contributed by atoms with Crippen molar-refractivity contribution >= 4 is 11.9 Å². The van der Waals surface area contributed by atoms with E-state index in [-0.39, 0.29) is 11.9 Å². The zero-order valence-electron chi connectivity index (χ0n) is 14.7. The highest BCUT2D eigenvalue weighted by atomic mass is 16.5. The van der Waals surface area contributed by atoms with E-state index in [1.54, 1.807) is 0 Å². The molecule has 1 aliphatic carbocycles. The molecule has 4 heteroatoms. The van der Waals surface area contributed by atoms with E-state index in [1.807, 2.05) is 30.0 Å². The second-order valence-corrected chi connectivity index (χ2v) is 7.37. The highest BCUT2D eigenvalue weighted by Gasteiger charge is 2.71. The van der Waals surface area contributed by atoms with E-state index in [4.69, 9.17) is 4.74 Å². The Morgan fingerprint density at radius 2 is 1.96 bits per heavy atom. The Labute approximate surface area is 144 Å². The second-order valence-electron chi connectivity index (χ2n) is 7.37. The minimum atomic E-state index is -0.686. The summed E-state index contributed by atoms with van der Waals surface area (Å²) in [5, 5.41) is 0.